The zero-order valence-electron chi connectivity index (χ0n) is 18.0. The number of amides is 2. The minimum absolute atomic E-state index is 0.224. The number of benzene rings is 2. The molecular formula is C23H26N6O2. The Labute approximate surface area is 180 Å². The molecule has 2 aromatic carbocycles. The van der Waals surface area contributed by atoms with Crippen LogP contribution in [-0.2, 0) is 4.79 Å². The molecule has 2 amide bonds. The van der Waals surface area contributed by atoms with Gasteiger partial charge < -0.3 is 27.8 Å². The van der Waals surface area contributed by atoms with E-state index in [1.54, 1.807) is 24.3 Å². The van der Waals surface area contributed by atoms with Gasteiger partial charge in [0, 0.05) is 23.1 Å². The van der Waals surface area contributed by atoms with E-state index in [0.717, 1.165) is 27.9 Å². The minimum Gasteiger partial charge on any atom is -0.399 e. The van der Waals surface area contributed by atoms with Crippen LogP contribution in [0.5, 0.6) is 0 Å². The van der Waals surface area contributed by atoms with Crippen molar-refractivity contribution in [3.05, 3.63) is 70.1 Å². The summed E-state index contributed by atoms with van der Waals surface area (Å²) in [7, 11) is 0. The van der Waals surface area contributed by atoms with E-state index in [4.69, 9.17) is 17.2 Å². The molecule has 0 unspecified atom stereocenters. The minimum atomic E-state index is -0.785. The highest BCUT2D eigenvalue weighted by atomic mass is 16.2. The molecule has 0 bridgehead atoms. The number of nitrogen functional groups attached to an aromatic ring is 2. The Morgan fingerprint density at radius 3 is 2.10 bits per heavy atom. The summed E-state index contributed by atoms with van der Waals surface area (Å²) in [5.74, 6) is -0.318. The van der Waals surface area contributed by atoms with Crippen molar-refractivity contribution in [2.45, 2.75) is 27.7 Å². The van der Waals surface area contributed by atoms with Gasteiger partial charge in [-0.15, -0.1) is 0 Å². The molecule has 0 spiro atoms. The number of hydrogen-bond donors (Lipinski definition) is 5. The van der Waals surface area contributed by atoms with Gasteiger partial charge in [-0.25, -0.2) is 9.79 Å². The third-order valence-corrected chi connectivity index (χ3v) is 5.50. The Morgan fingerprint density at radius 2 is 1.45 bits per heavy atom. The summed E-state index contributed by atoms with van der Waals surface area (Å²) in [6.45, 7) is 7.66. The molecule has 0 saturated carbocycles. The lowest BCUT2D eigenvalue weighted by Crippen LogP contribution is -2.34. The fourth-order valence-electron chi connectivity index (χ4n) is 3.19. The summed E-state index contributed by atoms with van der Waals surface area (Å²) in [4.78, 5) is 28.9. The fourth-order valence-corrected chi connectivity index (χ4v) is 3.19. The van der Waals surface area contributed by atoms with E-state index < -0.39 is 6.03 Å². The maximum absolute atomic E-state index is 12.7. The van der Waals surface area contributed by atoms with E-state index in [0.29, 0.717) is 28.5 Å². The van der Waals surface area contributed by atoms with Gasteiger partial charge in [0.2, 0.25) is 5.78 Å². The second kappa shape index (κ2) is 8.35. The van der Waals surface area contributed by atoms with Gasteiger partial charge in [0.1, 0.15) is 0 Å². The molecule has 0 atom stereocenters. The van der Waals surface area contributed by atoms with Gasteiger partial charge in [-0.3, -0.25) is 4.79 Å². The number of carbonyl (C=O) groups excluding carboxylic acids is 2. The van der Waals surface area contributed by atoms with Gasteiger partial charge in [-0.05, 0) is 80.3 Å². The first-order valence-electron chi connectivity index (χ1n) is 9.70. The first-order chi connectivity index (χ1) is 14.6. The molecule has 160 valence electrons. The summed E-state index contributed by atoms with van der Waals surface area (Å²) < 4.78 is 0. The molecule has 0 heterocycles. The Morgan fingerprint density at radius 1 is 0.839 bits per heavy atom. The number of nitrogens with two attached hydrogens (primary N) is 3. The normalized spacial score (nSPS) is 14.8. The van der Waals surface area contributed by atoms with Gasteiger partial charge in [0.15, 0.2) is 0 Å². The largest absolute Gasteiger partial charge is 0.399 e. The van der Waals surface area contributed by atoms with Crippen molar-refractivity contribution in [2.75, 3.05) is 16.8 Å². The number of anilines is 3. The third-order valence-electron chi connectivity index (χ3n) is 5.50. The fraction of sp³-hybridized carbons (Fsp3) is 0.174. The molecule has 31 heavy (non-hydrogen) atoms. The lowest BCUT2D eigenvalue weighted by atomic mass is 10.0. The maximum atomic E-state index is 12.7. The highest BCUT2D eigenvalue weighted by Crippen LogP contribution is 2.29. The zero-order valence-corrected chi connectivity index (χ0v) is 18.0. The number of nitrogens with one attached hydrogen (secondary N) is 2. The molecule has 0 saturated heterocycles. The van der Waals surface area contributed by atoms with Crippen LogP contribution in [0.4, 0.5) is 27.5 Å². The van der Waals surface area contributed by atoms with Crippen molar-refractivity contribution in [1.82, 2.24) is 5.32 Å². The quantitative estimate of drug-likeness (QED) is 0.381. The molecule has 0 aromatic heterocycles. The number of nitrogens with zero attached hydrogens (tertiary/aromatic N) is 1. The number of primary amides is 1. The maximum Gasteiger partial charge on any atom is 0.316 e. The second-order valence-electron chi connectivity index (χ2n) is 7.47. The number of rotatable bonds is 4. The molecule has 1 aliphatic carbocycles. The van der Waals surface area contributed by atoms with Crippen molar-refractivity contribution < 1.29 is 9.59 Å². The molecule has 0 aliphatic heterocycles. The molecule has 8 nitrogen and oxygen atoms in total. The summed E-state index contributed by atoms with van der Waals surface area (Å²) >= 11 is 0. The van der Waals surface area contributed by atoms with Crippen LogP contribution >= 0.6 is 0 Å². The topological polar surface area (TPSA) is 149 Å². The SMILES string of the molecule is Cc1c(N)ccc(/N=C2/C=C(Nc3ccc(N)c(C)c3C)C(=O)C=C2NC(N)=O)c1C. The van der Waals surface area contributed by atoms with Gasteiger partial charge >= 0.3 is 6.03 Å². The summed E-state index contributed by atoms with van der Waals surface area (Å²) in [6, 6.07) is 6.37. The smallest absolute Gasteiger partial charge is 0.316 e. The van der Waals surface area contributed by atoms with Crippen LogP contribution in [0.3, 0.4) is 0 Å². The van der Waals surface area contributed by atoms with Crippen LogP contribution < -0.4 is 27.8 Å². The summed E-state index contributed by atoms with van der Waals surface area (Å²) in [5.41, 5.74) is 24.6. The zero-order chi connectivity index (χ0) is 22.9. The lowest BCUT2D eigenvalue weighted by molar-refractivity contribution is -0.111. The van der Waals surface area contributed by atoms with E-state index in [1.165, 1.54) is 6.08 Å². The van der Waals surface area contributed by atoms with Crippen molar-refractivity contribution in [3.8, 4) is 0 Å². The number of ketones is 1. The third kappa shape index (κ3) is 4.42. The molecule has 8 heteroatoms. The lowest BCUT2D eigenvalue weighted by Gasteiger charge is -2.19. The van der Waals surface area contributed by atoms with Crippen LogP contribution in [-0.4, -0.2) is 17.5 Å². The predicted octanol–water partition coefficient (Wildman–Crippen LogP) is 3.29. The van der Waals surface area contributed by atoms with Crippen molar-refractivity contribution in [1.29, 1.82) is 0 Å². The van der Waals surface area contributed by atoms with Gasteiger partial charge in [-0.2, -0.15) is 0 Å². The molecule has 3 rings (SSSR count). The number of hydrogen-bond acceptors (Lipinski definition) is 6. The van der Waals surface area contributed by atoms with Crippen LogP contribution in [0, 0.1) is 27.7 Å². The second-order valence-corrected chi connectivity index (χ2v) is 7.47. The first-order valence-corrected chi connectivity index (χ1v) is 9.70. The van der Waals surface area contributed by atoms with Crippen molar-refractivity contribution in [2.24, 2.45) is 10.7 Å². The Bertz CT molecular complexity index is 1190. The Balaban J connectivity index is 2.07. The summed E-state index contributed by atoms with van der Waals surface area (Å²) in [6.07, 6.45) is 2.88. The number of allylic oxidation sites excluding steroid dienone is 2. The van der Waals surface area contributed by atoms with Crippen LogP contribution in [0.1, 0.15) is 22.3 Å². The van der Waals surface area contributed by atoms with Gasteiger partial charge in [0.25, 0.3) is 0 Å². The average Bonchev–Trinajstić information content (AvgIpc) is 2.71. The van der Waals surface area contributed by atoms with E-state index in [9.17, 15) is 9.59 Å². The predicted molar refractivity (Wildman–Crippen MR) is 125 cm³/mol. The first kappa shape index (κ1) is 21.6. The summed E-state index contributed by atoms with van der Waals surface area (Å²) in [5, 5.41) is 5.63. The van der Waals surface area contributed by atoms with Gasteiger partial charge in [0.05, 0.1) is 22.8 Å². The highest BCUT2D eigenvalue weighted by Gasteiger charge is 2.21. The number of carbonyl (C=O) groups is 2. The van der Waals surface area contributed by atoms with Crippen LogP contribution in [0.2, 0.25) is 0 Å². The number of aliphatic imine (C=N–C) groups is 1. The molecule has 8 N–H and O–H groups in total. The Kier molecular flexibility index (Phi) is 5.83. The van der Waals surface area contributed by atoms with E-state index >= 15 is 0 Å². The molecule has 0 radical (unpaired) electrons. The van der Waals surface area contributed by atoms with E-state index in [-0.39, 0.29) is 11.5 Å². The standard InChI is InChI=1S/C23H26N6O2/c1-11-13(3)17(7-5-15(11)24)27-19-9-21(22(30)10-20(19)29-23(26)31)28-18-8-6-16(25)12(2)14(18)4/h5-10,28H,24-25H2,1-4H3,(H3,26,29,31)/b27-19-. The van der Waals surface area contributed by atoms with E-state index in [2.05, 4.69) is 15.6 Å². The van der Waals surface area contributed by atoms with Gasteiger partial charge in [-0.1, -0.05) is 0 Å². The molecule has 2 aromatic rings. The number of urea groups is 1. The van der Waals surface area contributed by atoms with Crippen LogP contribution in [0.15, 0.2) is 52.8 Å². The van der Waals surface area contributed by atoms with Crippen molar-refractivity contribution >= 4 is 40.3 Å². The van der Waals surface area contributed by atoms with Crippen molar-refractivity contribution in [3.63, 3.8) is 0 Å². The van der Waals surface area contributed by atoms with E-state index in [1.807, 2.05) is 33.8 Å². The monoisotopic (exact) mass is 418 g/mol. The molecule has 0 fully saturated rings. The molecule has 1 aliphatic rings. The Hall–Kier alpha value is -4.07. The van der Waals surface area contributed by atoms with Crippen LogP contribution in [0.25, 0.3) is 0 Å². The molecular weight excluding hydrogens is 392 g/mol. The highest BCUT2D eigenvalue weighted by molar-refractivity contribution is 6.24. The average molecular weight is 419 g/mol.